The van der Waals surface area contributed by atoms with Gasteiger partial charge in [-0.05, 0) is 154 Å². The molecular weight excluding hydrogens is 938 g/mol. The summed E-state index contributed by atoms with van der Waals surface area (Å²) in [6.45, 7) is 21.0. The predicted octanol–water partition coefficient (Wildman–Crippen LogP) is 4.82. The van der Waals surface area contributed by atoms with Gasteiger partial charge in [-0.1, -0.05) is 64.4 Å². The van der Waals surface area contributed by atoms with Gasteiger partial charge < -0.3 is 74.6 Å². The van der Waals surface area contributed by atoms with Gasteiger partial charge in [-0.25, -0.2) is 0 Å². The average molecular weight is 1020 g/mol. The Labute approximate surface area is 423 Å². The van der Waals surface area contributed by atoms with Gasteiger partial charge in [0.15, 0.2) is 18.9 Å². The van der Waals surface area contributed by atoms with Gasteiger partial charge in [-0.2, -0.15) is 0 Å². The fourth-order valence-corrected chi connectivity index (χ4v) is 17.0. The summed E-state index contributed by atoms with van der Waals surface area (Å²) in [5, 5.41) is 91.0. The van der Waals surface area contributed by atoms with Crippen LogP contribution in [0.1, 0.15) is 120 Å². The number of benzene rings is 1. The van der Waals surface area contributed by atoms with Crippen LogP contribution in [0.2, 0.25) is 5.02 Å². The molecule has 1 aromatic rings. The predicted molar refractivity (Wildman–Crippen MR) is 260 cm³/mol. The lowest BCUT2D eigenvalue weighted by molar-refractivity contribution is -0.393. The maximum absolute atomic E-state index is 14.7. The highest BCUT2D eigenvalue weighted by Crippen LogP contribution is 2.78. The molecule has 3 heterocycles. The van der Waals surface area contributed by atoms with E-state index in [2.05, 4.69) is 53.4 Å². The van der Waals surface area contributed by atoms with Crippen molar-refractivity contribution in [2.45, 2.75) is 218 Å². The van der Waals surface area contributed by atoms with Crippen LogP contribution < -0.4 is 5.32 Å². The van der Waals surface area contributed by atoms with Gasteiger partial charge in [0.05, 0.1) is 30.3 Å². The van der Waals surface area contributed by atoms with Crippen molar-refractivity contribution < 1.29 is 74.1 Å². The lowest BCUT2D eigenvalue weighted by Gasteiger charge is -2.73. The number of aliphatic hydroxyl groups excluding tert-OH is 8. The first kappa shape index (κ1) is 54.0. The summed E-state index contributed by atoms with van der Waals surface area (Å²) >= 11 is 6.38. The van der Waals surface area contributed by atoms with E-state index in [1.54, 1.807) is 0 Å². The van der Waals surface area contributed by atoms with E-state index in [0.29, 0.717) is 23.3 Å². The van der Waals surface area contributed by atoms with Crippen molar-refractivity contribution in [3.8, 4) is 0 Å². The highest BCUT2D eigenvalue weighted by atomic mass is 35.5. The van der Waals surface area contributed by atoms with Crippen molar-refractivity contribution in [3.05, 3.63) is 41.4 Å². The largest absolute Gasteiger partial charge is 0.394 e. The smallest absolute Gasteiger partial charge is 0.230 e. The normalized spacial score (nSPS) is 51.5. The second-order valence-corrected chi connectivity index (χ2v) is 25.0. The van der Waals surface area contributed by atoms with Crippen molar-refractivity contribution in [2.75, 3.05) is 11.9 Å². The molecule has 5 saturated carbocycles. The molecule has 400 valence electrons. The van der Waals surface area contributed by atoms with Gasteiger partial charge in [0.1, 0.15) is 61.0 Å². The Balaban J connectivity index is 0.967. The van der Waals surface area contributed by atoms with Crippen molar-refractivity contribution in [1.82, 2.24) is 0 Å². The molecule has 8 fully saturated rings. The number of ether oxygens (including phenoxy) is 6. The first-order valence-corrected chi connectivity index (χ1v) is 26.7. The van der Waals surface area contributed by atoms with Gasteiger partial charge in [-0.15, -0.1) is 0 Å². The highest BCUT2D eigenvalue weighted by Gasteiger charge is 2.72. The molecule has 0 aromatic heterocycles. The Hall–Kier alpha value is -1.84. The number of halogens is 1. The molecule has 16 nitrogen and oxygen atoms in total. The van der Waals surface area contributed by atoms with Crippen LogP contribution in [0.5, 0.6) is 0 Å². The molecule has 1 aromatic carbocycles. The molecule has 3 aliphatic heterocycles. The van der Waals surface area contributed by atoms with Crippen molar-refractivity contribution in [3.63, 3.8) is 0 Å². The standard InChI is InChI=1S/C54H82ClNO15/c1-25(2)30-15-20-54(49(65)56-29-12-10-11-28(55)23-29)22-21-52(8)31(36(30)54)13-14-34-51(7)18-17-35(50(5,6)33(51)16-19-53(34,52)9)69-48-45(71-47-42(63)40(61)38(59)27(4)67-47)43(64)44(32(24-57)68-48)70-46-41(62)39(60)37(58)26(3)66-46/h10-12,23,26-27,30-48,57-64H,1,13-22,24H2,2-9H3,(H,56,65)/t26-,27-,30-,31+,32+,33-,34+,35-,36+,37-,38-,39+,40+,41+,42+,43-,44+,45+,46-,47-,48-,51-,52+,53+,54-/m0/s1. The molecule has 25 atom stereocenters. The summed E-state index contributed by atoms with van der Waals surface area (Å²) in [6.07, 6.45) is -13.3. The second-order valence-electron chi connectivity index (χ2n) is 24.6. The van der Waals surface area contributed by atoms with E-state index in [1.165, 1.54) is 13.8 Å². The zero-order valence-electron chi connectivity index (χ0n) is 42.7. The van der Waals surface area contributed by atoms with Crippen LogP contribution in [0.3, 0.4) is 0 Å². The third kappa shape index (κ3) is 8.70. The molecule has 0 bridgehead atoms. The van der Waals surface area contributed by atoms with E-state index in [9.17, 15) is 45.6 Å². The number of carbonyl (C=O) groups is 1. The molecule has 5 aliphatic carbocycles. The van der Waals surface area contributed by atoms with Crippen LogP contribution in [0.15, 0.2) is 36.4 Å². The summed E-state index contributed by atoms with van der Waals surface area (Å²) in [5.41, 5.74) is 0.821. The molecular formula is C54H82ClNO15. The number of allylic oxidation sites excluding steroid dienone is 1. The van der Waals surface area contributed by atoms with Gasteiger partial charge in [-0.3, -0.25) is 4.79 Å². The summed E-state index contributed by atoms with van der Waals surface area (Å²) in [7, 11) is 0. The fourth-order valence-electron chi connectivity index (χ4n) is 16.8. The Morgan fingerprint density at radius 3 is 1.94 bits per heavy atom. The number of nitrogens with one attached hydrogen (secondary N) is 1. The number of aliphatic hydroxyl groups is 8. The molecule has 0 radical (unpaired) electrons. The number of hydrogen-bond donors (Lipinski definition) is 9. The first-order chi connectivity index (χ1) is 33.3. The van der Waals surface area contributed by atoms with Crippen LogP contribution in [0, 0.1) is 56.7 Å². The van der Waals surface area contributed by atoms with E-state index in [1.807, 2.05) is 24.3 Å². The van der Waals surface area contributed by atoms with E-state index < -0.39 is 116 Å². The Morgan fingerprint density at radius 2 is 1.34 bits per heavy atom. The van der Waals surface area contributed by atoms with E-state index in [0.717, 1.165) is 69.0 Å². The SMILES string of the molecule is C=C(C)[C@@H]1CC[C@]2(C(=O)Nc3cccc(Cl)c3)CC[C@]3(C)[C@H](CC[C@@H]4[C@@]5(C)CC[C@H](O[C@@H]6O[C@H](CO)[C@@H](O[C@@H]7O[C@@H](C)[C@H](O)[C@@H](O)[C@H]7O)[C@H](O)[C@H]6O[C@@H]6O[C@@H](C)[C@H](O)[C@@H](O)[C@H]6O)C(C)(C)[C@@H]5CC[C@]43C)[C@@H]12. The van der Waals surface area contributed by atoms with Crippen molar-refractivity contribution in [2.24, 2.45) is 56.7 Å². The summed E-state index contributed by atoms with van der Waals surface area (Å²) in [6, 6.07) is 7.42. The monoisotopic (exact) mass is 1020 g/mol. The second kappa shape index (κ2) is 19.6. The zero-order valence-corrected chi connectivity index (χ0v) is 43.5. The number of carbonyl (C=O) groups excluding carboxylic acids is 1. The topological polar surface area (TPSA) is 246 Å². The number of fused-ring (bicyclic) bond motifs is 7. The minimum atomic E-state index is -1.74. The molecule has 17 heteroatoms. The lowest BCUT2D eigenvalue weighted by Crippen LogP contribution is -2.68. The fraction of sp³-hybridized carbons (Fsp3) is 0.833. The van der Waals surface area contributed by atoms with E-state index in [-0.39, 0.29) is 39.9 Å². The van der Waals surface area contributed by atoms with Crippen LogP contribution in [-0.2, 0) is 33.2 Å². The zero-order chi connectivity index (χ0) is 51.5. The molecule has 71 heavy (non-hydrogen) atoms. The molecule has 9 N–H and O–H groups in total. The number of anilines is 1. The van der Waals surface area contributed by atoms with E-state index >= 15 is 0 Å². The molecule has 1 amide bonds. The molecule has 3 saturated heterocycles. The van der Waals surface area contributed by atoms with Crippen molar-refractivity contribution in [1.29, 1.82) is 0 Å². The number of hydrogen-bond acceptors (Lipinski definition) is 15. The van der Waals surface area contributed by atoms with Gasteiger partial charge in [0, 0.05) is 10.7 Å². The number of amides is 1. The molecule has 0 unspecified atom stereocenters. The third-order valence-corrected chi connectivity index (χ3v) is 21.1. The lowest BCUT2D eigenvalue weighted by atomic mass is 9.32. The third-order valence-electron chi connectivity index (χ3n) is 20.8. The molecule has 9 rings (SSSR count). The minimum absolute atomic E-state index is 0.0146. The van der Waals surface area contributed by atoms with Gasteiger partial charge >= 0.3 is 0 Å². The Kier molecular flexibility index (Phi) is 14.9. The summed E-state index contributed by atoms with van der Waals surface area (Å²) < 4.78 is 37.4. The van der Waals surface area contributed by atoms with Crippen LogP contribution >= 0.6 is 11.6 Å². The Bertz CT molecular complexity index is 2120. The van der Waals surface area contributed by atoms with Crippen molar-refractivity contribution >= 4 is 23.2 Å². The molecule has 0 spiro atoms. The minimum Gasteiger partial charge on any atom is -0.394 e. The Morgan fingerprint density at radius 1 is 0.704 bits per heavy atom. The molecule has 8 aliphatic rings. The van der Waals surface area contributed by atoms with Gasteiger partial charge in [0.25, 0.3) is 0 Å². The van der Waals surface area contributed by atoms with E-state index in [4.69, 9.17) is 40.0 Å². The number of rotatable bonds is 10. The first-order valence-electron chi connectivity index (χ1n) is 26.4. The highest BCUT2D eigenvalue weighted by molar-refractivity contribution is 6.30. The quantitative estimate of drug-likeness (QED) is 0.113. The maximum atomic E-state index is 14.7. The van der Waals surface area contributed by atoms with Crippen LogP contribution in [-0.4, -0.2) is 152 Å². The van der Waals surface area contributed by atoms with Crippen LogP contribution in [0.25, 0.3) is 0 Å². The summed E-state index contributed by atoms with van der Waals surface area (Å²) in [4.78, 5) is 14.7. The maximum Gasteiger partial charge on any atom is 0.230 e. The van der Waals surface area contributed by atoms with Crippen LogP contribution in [0.4, 0.5) is 5.69 Å². The van der Waals surface area contributed by atoms with Gasteiger partial charge in [0.2, 0.25) is 5.91 Å². The summed E-state index contributed by atoms with van der Waals surface area (Å²) in [5.74, 6) is 1.48. The average Bonchev–Trinajstić information content (AvgIpc) is 3.73.